The lowest BCUT2D eigenvalue weighted by Gasteiger charge is -2.01. The highest BCUT2D eigenvalue weighted by Gasteiger charge is 1.97. The van der Waals surface area contributed by atoms with Gasteiger partial charge >= 0.3 is 0 Å². The number of carbonyl (C=O) groups is 1. The van der Waals surface area contributed by atoms with Gasteiger partial charge in [0.1, 0.15) is 6.29 Å². The van der Waals surface area contributed by atoms with Crippen molar-refractivity contribution in [2.75, 3.05) is 0 Å². The monoisotopic (exact) mass is 212 g/mol. The minimum atomic E-state index is 0.769. The average molecular weight is 212 g/mol. The average Bonchev–Trinajstić information content (AvgIpc) is 2.74. The first kappa shape index (κ1) is 10.4. The predicted molar refractivity (Wildman–Crippen MR) is 63.4 cm³/mol. The van der Waals surface area contributed by atoms with Crippen LogP contribution in [0.2, 0.25) is 0 Å². The zero-order valence-electron chi connectivity index (χ0n) is 9.00. The minimum Gasteiger partial charge on any atom is -0.299 e. The molecule has 0 aliphatic carbocycles. The van der Waals surface area contributed by atoms with E-state index in [9.17, 15) is 4.79 Å². The van der Waals surface area contributed by atoms with E-state index in [-0.39, 0.29) is 0 Å². The number of rotatable bonds is 3. The van der Waals surface area contributed by atoms with E-state index in [1.54, 1.807) is 6.08 Å². The Balaban J connectivity index is 2.25. The molecular formula is C13H12N2O. The lowest BCUT2D eigenvalue weighted by molar-refractivity contribution is -0.104. The standard InChI is InChI=1S/C13H12N2O/c1-11-9-14-15(10-11)13-6-4-12(5-7-13)3-2-8-16/h2-10H,1H3/b3-2+. The summed E-state index contributed by atoms with van der Waals surface area (Å²) in [5.74, 6) is 0. The van der Waals surface area contributed by atoms with Crippen LogP contribution in [0.15, 0.2) is 42.7 Å². The second-order valence-corrected chi connectivity index (χ2v) is 3.55. The molecule has 0 bridgehead atoms. The Morgan fingerprint density at radius 1 is 1.25 bits per heavy atom. The van der Waals surface area contributed by atoms with Gasteiger partial charge in [-0.25, -0.2) is 4.68 Å². The van der Waals surface area contributed by atoms with Crippen molar-refractivity contribution >= 4 is 12.4 Å². The minimum absolute atomic E-state index is 0.769. The number of allylic oxidation sites excluding steroid dienone is 1. The molecule has 1 aromatic heterocycles. The molecular weight excluding hydrogens is 200 g/mol. The van der Waals surface area contributed by atoms with Gasteiger partial charge in [0.2, 0.25) is 0 Å². The van der Waals surface area contributed by atoms with E-state index in [1.165, 1.54) is 6.08 Å². The van der Waals surface area contributed by atoms with Gasteiger partial charge in [0.25, 0.3) is 0 Å². The maximum Gasteiger partial charge on any atom is 0.142 e. The van der Waals surface area contributed by atoms with Crippen molar-refractivity contribution in [3.63, 3.8) is 0 Å². The van der Waals surface area contributed by atoms with E-state index >= 15 is 0 Å². The molecule has 80 valence electrons. The normalized spacial score (nSPS) is 10.8. The fraction of sp³-hybridized carbons (Fsp3) is 0.0769. The highest BCUT2D eigenvalue weighted by molar-refractivity contribution is 5.73. The fourth-order valence-electron chi connectivity index (χ4n) is 1.44. The summed E-state index contributed by atoms with van der Waals surface area (Å²) in [5.41, 5.74) is 3.14. The van der Waals surface area contributed by atoms with Crippen LogP contribution in [-0.4, -0.2) is 16.1 Å². The van der Waals surface area contributed by atoms with Gasteiger partial charge in [0, 0.05) is 6.20 Å². The molecule has 3 nitrogen and oxygen atoms in total. The molecule has 0 aliphatic rings. The molecule has 3 heteroatoms. The number of benzene rings is 1. The van der Waals surface area contributed by atoms with Gasteiger partial charge in [-0.1, -0.05) is 18.2 Å². The van der Waals surface area contributed by atoms with E-state index in [0.29, 0.717) is 0 Å². The van der Waals surface area contributed by atoms with E-state index in [0.717, 1.165) is 23.1 Å². The number of hydrogen-bond donors (Lipinski definition) is 0. The first-order valence-electron chi connectivity index (χ1n) is 5.03. The van der Waals surface area contributed by atoms with Crippen molar-refractivity contribution in [3.8, 4) is 5.69 Å². The number of carbonyl (C=O) groups excluding carboxylic acids is 1. The first-order valence-corrected chi connectivity index (χ1v) is 5.03. The lowest BCUT2D eigenvalue weighted by Crippen LogP contribution is -1.93. The molecule has 1 heterocycles. The predicted octanol–water partition coefficient (Wildman–Crippen LogP) is 2.39. The quantitative estimate of drug-likeness (QED) is 0.578. The van der Waals surface area contributed by atoms with Crippen LogP contribution < -0.4 is 0 Å². The molecule has 0 N–H and O–H groups in total. The molecule has 0 amide bonds. The molecule has 16 heavy (non-hydrogen) atoms. The molecule has 2 rings (SSSR count). The van der Waals surface area contributed by atoms with Gasteiger partial charge in [-0.3, -0.25) is 4.79 Å². The summed E-state index contributed by atoms with van der Waals surface area (Å²) in [7, 11) is 0. The SMILES string of the molecule is Cc1cnn(-c2ccc(/C=C/C=O)cc2)c1. The van der Waals surface area contributed by atoms with Crippen molar-refractivity contribution in [3.05, 3.63) is 53.9 Å². The van der Waals surface area contributed by atoms with Crippen LogP contribution in [0, 0.1) is 6.92 Å². The molecule has 0 spiro atoms. The topological polar surface area (TPSA) is 34.9 Å². The summed E-state index contributed by atoms with van der Waals surface area (Å²) in [4.78, 5) is 10.2. The number of aryl methyl sites for hydroxylation is 1. The number of nitrogens with zero attached hydrogens (tertiary/aromatic N) is 2. The van der Waals surface area contributed by atoms with Crippen LogP contribution in [0.4, 0.5) is 0 Å². The number of hydrogen-bond acceptors (Lipinski definition) is 2. The van der Waals surface area contributed by atoms with Crippen molar-refractivity contribution in [2.45, 2.75) is 6.92 Å². The summed E-state index contributed by atoms with van der Waals surface area (Å²) >= 11 is 0. The Bertz CT molecular complexity index is 509. The third-order valence-electron chi connectivity index (χ3n) is 2.24. The van der Waals surface area contributed by atoms with Gasteiger partial charge < -0.3 is 0 Å². The van der Waals surface area contributed by atoms with Crippen molar-refractivity contribution in [1.29, 1.82) is 0 Å². The molecule has 0 saturated carbocycles. The highest BCUT2D eigenvalue weighted by Crippen LogP contribution is 2.10. The maximum absolute atomic E-state index is 10.2. The van der Waals surface area contributed by atoms with E-state index < -0.39 is 0 Å². The van der Waals surface area contributed by atoms with Gasteiger partial charge in [-0.15, -0.1) is 0 Å². The summed E-state index contributed by atoms with van der Waals surface area (Å²) in [5, 5.41) is 4.22. The third-order valence-corrected chi connectivity index (χ3v) is 2.24. The Labute approximate surface area is 94.0 Å². The first-order chi connectivity index (χ1) is 7.79. The summed E-state index contributed by atoms with van der Waals surface area (Å²) in [6, 6.07) is 7.84. The highest BCUT2D eigenvalue weighted by atomic mass is 16.1. The maximum atomic E-state index is 10.2. The third kappa shape index (κ3) is 2.25. The van der Waals surface area contributed by atoms with Gasteiger partial charge in [0.05, 0.1) is 11.9 Å². The largest absolute Gasteiger partial charge is 0.299 e. The molecule has 0 saturated heterocycles. The van der Waals surface area contributed by atoms with Crippen molar-refractivity contribution < 1.29 is 4.79 Å². The molecule has 0 aliphatic heterocycles. The van der Waals surface area contributed by atoms with Crippen LogP contribution in [0.5, 0.6) is 0 Å². The van der Waals surface area contributed by atoms with Gasteiger partial charge in [-0.05, 0) is 36.3 Å². The lowest BCUT2D eigenvalue weighted by atomic mass is 10.2. The number of aromatic nitrogens is 2. The fourth-order valence-corrected chi connectivity index (χ4v) is 1.44. The Morgan fingerprint density at radius 2 is 2.00 bits per heavy atom. The van der Waals surface area contributed by atoms with Crippen LogP contribution in [0.25, 0.3) is 11.8 Å². The summed E-state index contributed by atoms with van der Waals surface area (Å²) < 4.78 is 1.82. The van der Waals surface area contributed by atoms with Crippen LogP contribution in [0.1, 0.15) is 11.1 Å². The zero-order valence-corrected chi connectivity index (χ0v) is 9.00. The Hall–Kier alpha value is -2.16. The van der Waals surface area contributed by atoms with E-state index in [2.05, 4.69) is 5.10 Å². The number of aldehydes is 1. The molecule has 2 aromatic rings. The van der Waals surface area contributed by atoms with Crippen molar-refractivity contribution in [2.24, 2.45) is 0 Å². The second-order valence-electron chi connectivity index (χ2n) is 3.55. The second kappa shape index (κ2) is 4.57. The van der Waals surface area contributed by atoms with Gasteiger partial charge in [-0.2, -0.15) is 5.10 Å². The molecule has 0 atom stereocenters. The van der Waals surface area contributed by atoms with Gasteiger partial charge in [0.15, 0.2) is 0 Å². The molecule has 0 fully saturated rings. The zero-order chi connectivity index (χ0) is 11.4. The Morgan fingerprint density at radius 3 is 2.56 bits per heavy atom. The van der Waals surface area contributed by atoms with E-state index in [1.807, 2.05) is 48.3 Å². The van der Waals surface area contributed by atoms with Crippen molar-refractivity contribution in [1.82, 2.24) is 9.78 Å². The summed E-state index contributed by atoms with van der Waals surface area (Å²) in [6.45, 7) is 2.00. The molecule has 1 aromatic carbocycles. The molecule has 0 unspecified atom stereocenters. The van der Waals surface area contributed by atoms with Crippen LogP contribution >= 0.6 is 0 Å². The smallest absolute Gasteiger partial charge is 0.142 e. The Kier molecular flexibility index (Phi) is 2.96. The molecule has 0 radical (unpaired) electrons. The van der Waals surface area contributed by atoms with Crippen LogP contribution in [0.3, 0.4) is 0 Å². The summed E-state index contributed by atoms with van der Waals surface area (Å²) in [6.07, 6.45) is 7.80. The van der Waals surface area contributed by atoms with Crippen LogP contribution in [-0.2, 0) is 4.79 Å². The van der Waals surface area contributed by atoms with E-state index in [4.69, 9.17) is 0 Å².